The van der Waals surface area contributed by atoms with Gasteiger partial charge < -0.3 is 9.88 Å². The van der Waals surface area contributed by atoms with E-state index in [2.05, 4.69) is 5.32 Å². The SMILES string of the molecule is Cc1ccc2c(c1)c(=O)cc(C(F)(F)F)n2C[C@@H](C)NC(=O)Cc1ccccc1F. The first kappa shape index (κ1) is 21.5. The molecule has 0 saturated carbocycles. The van der Waals surface area contributed by atoms with Crippen LogP contribution in [0.5, 0.6) is 0 Å². The largest absolute Gasteiger partial charge is 0.431 e. The number of halogens is 4. The summed E-state index contributed by atoms with van der Waals surface area (Å²) < 4.78 is 55.5. The topological polar surface area (TPSA) is 51.1 Å². The van der Waals surface area contributed by atoms with Crippen LogP contribution in [0.15, 0.2) is 53.3 Å². The first-order valence-electron chi connectivity index (χ1n) is 9.30. The number of nitrogens with zero attached hydrogens (tertiary/aromatic N) is 1. The Kier molecular flexibility index (Phi) is 5.96. The van der Waals surface area contributed by atoms with E-state index in [1.54, 1.807) is 26.0 Å². The third-order valence-electron chi connectivity index (χ3n) is 4.73. The Morgan fingerprint density at radius 3 is 2.50 bits per heavy atom. The zero-order valence-electron chi connectivity index (χ0n) is 16.4. The molecule has 3 rings (SSSR count). The van der Waals surface area contributed by atoms with E-state index in [4.69, 9.17) is 0 Å². The van der Waals surface area contributed by atoms with Gasteiger partial charge in [-0.25, -0.2) is 4.39 Å². The predicted molar refractivity (Wildman–Crippen MR) is 106 cm³/mol. The molecule has 8 heteroatoms. The van der Waals surface area contributed by atoms with E-state index in [0.717, 1.165) is 10.1 Å². The van der Waals surface area contributed by atoms with Crippen molar-refractivity contribution in [3.8, 4) is 0 Å². The third-order valence-corrected chi connectivity index (χ3v) is 4.73. The second-order valence-corrected chi connectivity index (χ2v) is 7.26. The summed E-state index contributed by atoms with van der Waals surface area (Å²) in [6, 6.07) is 10.3. The monoisotopic (exact) mass is 420 g/mol. The van der Waals surface area contributed by atoms with E-state index in [-0.39, 0.29) is 29.4 Å². The standard InChI is InChI=1S/C22H20F4N2O2/c1-13-7-8-18-16(9-13)19(29)11-20(22(24,25)26)28(18)12-14(2)27-21(30)10-15-5-3-4-6-17(15)23/h3-9,11,14H,10,12H2,1-2H3,(H,27,30)/t14-/m1/s1. The Hall–Kier alpha value is -3.16. The molecule has 0 aliphatic carbocycles. The Labute approximate surface area is 170 Å². The number of aromatic nitrogens is 1. The molecule has 158 valence electrons. The lowest BCUT2D eigenvalue weighted by molar-refractivity contribution is -0.143. The number of carbonyl (C=O) groups excluding carboxylic acids is 1. The summed E-state index contributed by atoms with van der Waals surface area (Å²) in [4.78, 5) is 24.5. The van der Waals surface area contributed by atoms with Gasteiger partial charge in [0.05, 0.1) is 11.9 Å². The fourth-order valence-electron chi connectivity index (χ4n) is 3.38. The Morgan fingerprint density at radius 1 is 1.13 bits per heavy atom. The zero-order valence-corrected chi connectivity index (χ0v) is 16.4. The van der Waals surface area contributed by atoms with Gasteiger partial charge in [0.15, 0.2) is 5.43 Å². The van der Waals surface area contributed by atoms with Gasteiger partial charge in [0.25, 0.3) is 0 Å². The number of aryl methyl sites for hydroxylation is 1. The maximum atomic E-state index is 13.7. The van der Waals surface area contributed by atoms with Crippen molar-refractivity contribution in [2.24, 2.45) is 0 Å². The van der Waals surface area contributed by atoms with Crippen molar-refractivity contribution < 1.29 is 22.4 Å². The first-order valence-corrected chi connectivity index (χ1v) is 9.30. The molecule has 0 saturated heterocycles. The molecule has 0 unspecified atom stereocenters. The smallest absolute Gasteiger partial charge is 0.352 e. The van der Waals surface area contributed by atoms with Crippen molar-refractivity contribution in [1.82, 2.24) is 9.88 Å². The number of pyridine rings is 1. The molecule has 3 aromatic rings. The molecule has 0 aliphatic heterocycles. The normalized spacial score (nSPS) is 12.7. The van der Waals surface area contributed by atoms with Crippen LogP contribution in [0.3, 0.4) is 0 Å². The molecule has 4 nitrogen and oxygen atoms in total. The van der Waals surface area contributed by atoms with E-state index in [1.165, 1.54) is 30.3 Å². The fraction of sp³-hybridized carbons (Fsp3) is 0.273. The molecule has 1 atom stereocenters. The fourth-order valence-corrected chi connectivity index (χ4v) is 3.38. The summed E-state index contributed by atoms with van der Waals surface area (Å²) >= 11 is 0. The number of rotatable bonds is 5. The van der Waals surface area contributed by atoms with Crippen LogP contribution >= 0.6 is 0 Å². The van der Waals surface area contributed by atoms with E-state index >= 15 is 0 Å². The van der Waals surface area contributed by atoms with Crippen LogP contribution in [0.25, 0.3) is 10.9 Å². The summed E-state index contributed by atoms with van der Waals surface area (Å²) in [5.41, 5.74) is -0.720. The van der Waals surface area contributed by atoms with Gasteiger partial charge in [-0.3, -0.25) is 9.59 Å². The summed E-state index contributed by atoms with van der Waals surface area (Å²) in [7, 11) is 0. The van der Waals surface area contributed by atoms with E-state index in [0.29, 0.717) is 6.07 Å². The summed E-state index contributed by atoms with van der Waals surface area (Å²) in [6.07, 6.45) is -4.97. The molecular weight excluding hydrogens is 400 g/mol. The van der Waals surface area contributed by atoms with Gasteiger partial charge in [-0.2, -0.15) is 13.2 Å². The molecule has 0 aliphatic rings. The first-order chi connectivity index (χ1) is 14.1. The van der Waals surface area contributed by atoms with Crippen molar-refractivity contribution in [2.45, 2.75) is 39.0 Å². The van der Waals surface area contributed by atoms with Gasteiger partial charge in [0.2, 0.25) is 5.91 Å². The number of fused-ring (bicyclic) bond motifs is 1. The minimum absolute atomic E-state index is 0.135. The van der Waals surface area contributed by atoms with Crippen molar-refractivity contribution in [3.63, 3.8) is 0 Å². The van der Waals surface area contributed by atoms with Crippen LogP contribution < -0.4 is 10.7 Å². The Morgan fingerprint density at radius 2 is 1.83 bits per heavy atom. The second kappa shape index (κ2) is 8.30. The average Bonchev–Trinajstić information content (AvgIpc) is 2.64. The molecule has 1 N–H and O–H groups in total. The number of amides is 1. The molecule has 1 amide bonds. The summed E-state index contributed by atoms with van der Waals surface area (Å²) in [5.74, 6) is -1.04. The molecule has 0 bridgehead atoms. The highest BCUT2D eigenvalue weighted by molar-refractivity contribution is 5.81. The minimum atomic E-state index is -4.74. The van der Waals surface area contributed by atoms with Crippen LogP contribution in [0.1, 0.15) is 23.7 Å². The van der Waals surface area contributed by atoms with Crippen molar-refractivity contribution in [3.05, 3.63) is 81.4 Å². The van der Waals surface area contributed by atoms with E-state index in [1.807, 2.05) is 0 Å². The minimum Gasteiger partial charge on any atom is -0.352 e. The summed E-state index contributed by atoms with van der Waals surface area (Å²) in [6.45, 7) is 3.09. The van der Waals surface area contributed by atoms with Crippen molar-refractivity contribution >= 4 is 16.8 Å². The van der Waals surface area contributed by atoms with Crippen LogP contribution in [0, 0.1) is 12.7 Å². The maximum absolute atomic E-state index is 13.7. The van der Waals surface area contributed by atoms with Crippen LogP contribution in [-0.2, 0) is 23.9 Å². The molecule has 30 heavy (non-hydrogen) atoms. The molecular formula is C22H20F4N2O2. The number of benzene rings is 2. The molecule has 0 radical (unpaired) electrons. The highest BCUT2D eigenvalue weighted by atomic mass is 19.4. The quantitative estimate of drug-likeness (QED) is 0.629. The lowest BCUT2D eigenvalue weighted by Crippen LogP contribution is -2.38. The third kappa shape index (κ3) is 4.69. The van der Waals surface area contributed by atoms with Crippen molar-refractivity contribution in [2.75, 3.05) is 0 Å². The van der Waals surface area contributed by atoms with Gasteiger partial charge >= 0.3 is 6.18 Å². The predicted octanol–water partition coefficient (Wildman–Crippen LogP) is 4.22. The lowest BCUT2D eigenvalue weighted by Gasteiger charge is -2.22. The number of hydrogen-bond acceptors (Lipinski definition) is 2. The van der Waals surface area contributed by atoms with E-state index < -0.39 is 35.1 Å². The maximum Gasteiger partial charge on any atom is 0.431 e. The molecule has 0 spiro atoms. The highest BCUT2D eigenvalue weighted by Gasteiger charge is 2.35. The van der Waals surface area contributed by atoms with Gasteiger partial charge in [-0.1, -0.05) is 29.8 Å². The summed E-state index contributed by atoms with van der Waals surface area (Å²) in [5, 5.41) is 2.78. The molecule has 1 aromatic heterocycles. The number of alkyl halides is 3. The molecule has 0 fully saturated rings. The van der Waals surface area contributed by atoms with Crippen molar-refractivity contribution in [1.29, 1.82) is 0 Å². The van der Waals surface area contributed by atoms with E-state index in [9.17, 15) is 27.2 Å². The molecule has 2 aromatic carbocycles. The number of carbonyl (C=O) groups is 1. The number of hydrogen-bond donors (Lipinski definition) is 1. The zero-order chi connectivity index (χ0) is 22.1. The highest BCUT2D eigenvalue weighted by Crippen LogP contribution is 2.31. The van der Waals surface area contributed by atoms with Gasteiger partial charge in [-0.05, 0) is 37.6 Å². The van der Waals surface area contributed by atoms with Crippen LogP contribution in [0.4, 0.5) is 17.6 Å². The number of nitrogens with one attached hydrogen (secondary N) is 1. The Bertz CT molecular complexity index is 1150. The van der Waals surface area contributed by atoms with Crippen LogP contribution in [0.2, 0.25) is 0 Å². The average molecular weight is 420 g/mol. The van der Waals surface area contributed by atoms with Gasteiger partial charge in [0, 0.05) is 24.0 Å². The van der Waals surface area contributed by atoms with Gasteiger partial charge in [0.1, 0.15) is 11.5 Å². The van der Waals surface area contributed by atoms with Crippen LogP contribution in [-0.4, -0.2) is 16.5 Å². The molecule has 1 heterocycles. The Balaban J connectivity index is 1.90. The van der Waals surface area contributed by atoms with Gasteiger partial charge in [-0.15, -0.1) is 0 Å². The lowest BCUT2D eigenvalue weighted by atomic mass is 10.1. The second-order valence-electron chi connectivity index (χ2n) is 7.26.